The Balaban J connectivity index is 1.79. The molecule has 1 aliphatic heterocycles. The van der Waals surface area contributed by atoms with Crippen molar-refractivity contribution in [3.05, 3.63) is 40.6 Å². The molecule has 1 aromatic carbocycles. The van der Waals surface area contributed by atoms with Crippen LogP contribution in [0.4, 0.5) is 0 Å². The molecule has 0 N–H and O–H groups in total. The van der Waals surface area contributed by atoms with E-state index in [0.717, 1.165) is 12.8 Å². The molecule has 0 saturated carbocycles. The zero-order valence-corrected chi connectivity index (χ0v) is 15.4. The number of thiophene rings is 1. The Hall–Kier alpha value is -1.57. The minimum Gasteiger partial charge on any atom is -0.497 e. The molecular formula is C17H21NO4S2. The fraction of sp³-hybridized carbons (Fsp3) is 0.412. The fourth-order valence-corrected chi connectivity index (χ4v) is 5.41. The molecule has 1 aromatic heterocycles. The van der Waals surface area contributed by atoms with E-state index in [1.54, 1.807) is 33.8 Å². The van der Waals surface area contributed by atoms with Crippen LogP contribution in [-0.4, -0.2) is 40.0 Å². The van der Waals surface area contributed by atoms with E-state index < -0.39 is 10.0 Å². The highest BCUT2D eigenvalue weighted by Crippen LogP contribution is 2.35. The molecular weight excluding hydrogens is 346 g/mol. The second-order valence-corrected chi connectivity index (χ2v) is 8.44. The lowest BCUT2D eigenvalue weighted by molar-refractivity contribution is 0.317. The largest absolute Gasteiger partial charge is 0.497 e. The van der Waals surface area contributed by atoms with E-state index in [-0.39, 0.29) is 4.90 Å². The summed E-state index contributed by atoms with van der Waals surface area (Å²) in [5.41, 5.74) is 1.32. The Morgan fingerprint density at radius 1 is 1.12 bits per heavy atom. The third kappa shape index (κ3) is 3.29. The van der Waals surface area contributed by atoms with Gasteiger partial charge in [-0.05, 0) is 53.3 Å². The standard InChI is InChI=1S/C17H21NO4S2/c1-21-15-3-4-17(16(11-15)22-2)24(19,20)18-8-5-13(6-9-18)14-7-10-23-12-14/h3-4,7,10-13H,5-6,8-9H2,1-2H3. The van der Waals surface area contributed by atoms with Crippen LogP contribution in [0.15, 0.2) is 39.9 Å². The van der Waals surface area contributed by atoms with Crippen LogP contribution >= 0.6 is 11.3 Å². The van der Waals surface area contributed by atoms with Crippen molar-refractivity contribution in [1.29, 1.82) is 0 Å². The Bertz CT molecular complexity index is 779. The van der Waals surface area contributed by atoms with Crippen LogP contribution < -0.4 is 9.47 Å². The van der Waals surface area contributed by atoms with Gasteiger partial charge >= 0.3 is 0 Å². The first kappa shape index (κ1) is 17.3. The predicted molar refractivity (Wildman–Crippen MR) is 94.6 cm³/mol. The number of sulfonamides is 1. The molecule has 0 amide bonds. The molecule has 24 heavy (non-hydrogen) atoms. The van der Waals surface area contributed by atoms with Gasteiger partial charge in [0.15, 0.2) is 0 Å². The van der Waals surface area contributed by atoms with E-state index in [1.807, 2.05) is 0 Å². The Labute approximate surface area is 146 Å². The van der Waals surface area contributed by atoms with Crippen molar-refractivity contribution >= 4 is 21.4 Å². The van der Waals surface area contributed by atoms with Gasteiger partial charge in [-0.3, -0.25) is 0 Å². The maximum absolute atomic E-state index is 13.0. The highest BCUT2D eigenvalue weighted by Gasteiger charge is 2.32. The number of hydrogen-bond acceptors (Lipinski definition) is 5. The van der Waals surface area contributed by atoms with Crippen molar-refractivity contribution in [2.24, 2.45) is 0 Å². The van der Waals surface area contributed by atoms with E-state index in [1.165, 1.54) is 19.8 Å². The molecule has 5 nitrogen and oxygen atoms in total. The van der Waals surface area contributed by atoms with Gasteiger partial charge in [0.05, 0.1) is 14.2 Å². The second kappa shape index (κ2) is 7.13. The topological polar surface area (TPSA) is 55.8 Å². The molecule has 0 spiro atoms. The first-order valence-electron chi connectivity index (χ1n) is 7.80. The van der Waals surface area contributed by atoms with Gasteiger partial charge in [0.2, 0.25) is 10.0 Å². The van der Waals surface area contributed by atoms with Crippen molar-refractivity contribution in [3.63, 3.8) is 0 Å². The third-order valence-electron chi connectivity index (χ3n) is 4.46. The average molecular weight is 367 g/mol. The lowest BCUT2D eigenvalue weighted by atomic mass is 9.92. The molecule has 2 aromatic rings. The van der Waals surface area contributed by atoms with Crippen molar-refractivity contribution < 1.29 is 17.9 Å². The quantitative estimate of drug-likeness (QED) is 0.813. The van der Waals surface area contributed by atoms with Gasteiger partial charge in [0.1, 0.15) is 16.4 Å². The van der Waals surface area contributed by atoms with Gasteiger partial charge in [0.25, 0.3) is 0 Å². The molecule has 0 atom stereocenters. The third-order valence-corrected chi connectivity index (χ3v) is 7.10. The smallest absolute Gasteiger partial charge is 0.246 e. The summed E-state index contributed by atoms with van der Waals surface area (Å²) in [6, 6.07) is 6.93. The summed E-state index contributed by atoms with van der Waals surface area (Å²) in [5.74, 6) is 1.33. The van der Waals surface area contributed by atoms with Gasteiger partial charge in [-0.15, -0.1) is 0 Å². The number of nitrogens with zero attached hydrogens (tertiary/aromatic N) is 1. The summed E-state index contributed by atoms with van der Waals surface area (Å²) in [4.78, 5) is 0.194. The molecule has 3 rings (SSSR count). The summed E-state index contributed by atoms with van der Waals surface area (Å²) < 4.78 is 37.9. The molecule has 130 valence electrons. The SMILES string of the molecule is COc1ccc(S(=O)(=O)N2CCC(c3ccsc3)CC2)c(OC)c1. The maximum Gasteiger partial charge on any atom is 0.246 e. The van der Waals surface area contributed by atoms with Gasteiger partial charge in [-0.2, -0.15) is 15.6 Å². The predicted octanol–water partition coefficient (Wildman–Crippen LogP) is 3.33. The number of ether oxygens (including phenoxy) is 2. The van der Waals surface area contributed by atoms with E-state index in [2.05, 4.69) is 16.8 Å². The summed E-state index contributed by atoms with van der Waals surface area (Å²) in [7, 11) is -0.558. The van der Waals surface area contributed by atoms with Crippen molar-refractivity contribution in [1.82, 2.24) is 4.31 Å². The monoisotopic (exact) mass is 367 g/mol. The molecule has 1 saturated heterocycles. The van der Waals surface area contributed by atoms with Gasteiger partial charge < -0.3 is 9.47 Å². The molecule has 7 heteroatoms. The summed E-state index contributed by atoms with van der Waals surface area (Å²) in [6.45, 7) is 1.05. The molecule has 0 radical (unpaired) electrons. The van der Waals surface area contributed by atoms with Gasteiger partial charge in [-0.25, -0.2) is 8.42 Å². The lowest BCUT2D eigenvalue weighted by Gasteiger charge is -2.31. The number of rotatable bonds is 5. The van der Waals surface area contributed by atoms with Crippen LogP contribution in [0.3, 0.4) is 0 Å². The zero-order valence-electron chi connectivity index (χ0n) is 13.8. The minimum atomic E-state index is -3.57. The van der Waals surface area contributed by atoms with Crippen molar-refractivity contribution in [2.75, 3.05) is 27.3 Å². The summed E-state index contributed by atoms with van der Waals surface area (Å²) >= 11 is 1.68. The van der Waals surface area contributed by atoms with Gasteiger partial charge in [0, 0.05) is 19.2 Å². The number of methoxy groups -OCH3 is 2. The highest BCUT2D eigenvalue weighted by molar-refractivity contribution is 7.89. The molecule has 1 fully saturated rings. The maximum atomic E-state index is 13.0. The van der Waals surface area contributed by atoms with Crippen LogP contribution in [0, 0.1) is 0 Å². The van der Waals surface area contributed by atoms with Crippen LogP contribution in [0.1, 0.15) is 24.3 Å². The number of piperidine rings is 1. The van der Waals surface area contributed by atoms with E-state index in [0.29, 0.717) is 30.5 Å². The molecule has 0 bridgehead atoms. The van der Waals surface area contributed by atoms with Gasteiger partial charge in [-0.1, -0.05) is 0 Å². The number of benzene rings is 1. The minimum absolute atomic E-state index is 0.194. The first-order chi connectivity index (χ1) is 11.6. The van der Waals surface area contributed by atoms with Crippen LogP contribution in [0.5, 0.6) is 11.5 Å². The molecule has 0 unspecified atom stereocenters. The Morgan fingerprint density at radius 3 is 2.46 bits per heavy atom. The van der Waals surface area contributed by atoms with Crippen LogP contribution in [-0.2, 0) is 10.0 Å². The Morgan fingerprint density at radius 2 is 1.88 bits per heavy atom. The van der Waals surface area contributed by atoms with E-state index >= 15 is 0 Å². The lowest BCUT2D eigenvalue weighted by Crippen LogP contribution is -2.38. The van der Waals surface area contributed by atoms with Crippen LogP contribution in [0.2, 0.25) is 0 Å². The van der Waals surface area contributed by atoms with Crippen LogP contribution in [0.25, 0.3) is 0 Å². The van der Waals surface area contributed by atoms with Crippen molar-refractivity contribution in [2.45, 2.75) is 23.7 Å². The van der Waals surface area contributed by atoms with E-state index in [9.17, 15) is 8.42 Å². The van der Waals surface area contributed by atoms with E-state index in [4.69, 9.17) is 9.47 Å². The first-order valence-corrected chi connectivity index (χ1v) is 10.2. The average Bonchev–Trinajstić information content (AvgIpc) is 3.15. The zero-order chi connectivity index (χ0) is 17.2. The molecule has 1 aliphatic rings. The summed E-state index contributed by atoms with van der Waals surface area (Å²) in [5, 5.41) is 4.22. The normalized spacial score (nSPS) is 16.9. The number of hydrogen-bond donors (Lipinski definition) is 0. The highest BCUT2D eigenvalue weighted by atomic mass is 32.2. The molecule has 2 heterocycles. The summed E-state index contributed by atoms with van der Waals surface area (Å²) in [6.07, 6.45) is 1.68. The Kier molecular flexibility index (Phi) is 5.12. The van der Waals surface area contributed by atoms with Crippen molar-refractivity contribution in [3.8, 4) is 11.5 Å². The fourth-order valence-electron chi connectivity index (χ4n) is 3.06. The second-order valence-electron chi connectivity index (χ2n) is 5.75. The molecule has 0 aliphatic carbocycles.